The van der Waals surface area contributed by atoms with Gasteiger partial charge in [0.15, 0.2) is 0 Å². The molecule has 20 heavy (non-hydrogen) atoms. The van der Waals surface area contributed by atoms with E-state index in [4.69, 9.17) is 16.3 Å². The lowest BCUT2D eigenvalue weighted by Gasteiger charge is -2.26. The molecule has 1 aliphatic heterocycles. The normalized spacial score (nSPS) is 15.0. The Morgan fingerprint density at radius 2 is 2.05 bits per heavy atom. The molecule has 2 rings (SSSR count). The molecule has 0 spiro atoms. The Kier molecular flexibility index (Phi) is 4.98. The van der Waals surface area contributed by atoms with Crippen LogP contribution in [0.4, 0.5) is 5.69 Å². The van der Waals surface area contributed by atoms with Gasteiger partial charge in [-0.1, -0.05) is 17.7 Å². The molecule has 0 aromatic heterocycles. The number of hydrogen-bond donors (Lipinski definition) is 1. The Hall–Kier alpha value is -1.59. The van der Waals surface area contributed by atoms with Crippen molar-refractivity contribution in [2.45, 2.75) is 13.3 Å². The summed E-state index contributed by atoms with van der Waals surface area (Å²) >= 11 is 5.89. The van der Waals surface area contributed by atoms with Gasteiger partial charge in [0.2, 0.25) is 11.8 Å². The molecule has 108 valence electrons. The Bertz CT molecular complexity index is 513. The van der Waals surface area contributed by atoms with Gasteiger partial charge < -0.3 is 15.0 Å². The summed E-state index contributed by atoms with van der Waals surface area (Å²) < 4.78 is 5.17. The molecule has 6 heteroatoms. The number of aryl methyl sites for hydroxylation is 1. The molecule has 0 atom stereocenters. The van der Waals surface area contributed by atoms with Crippen LogP contribution in [0.2, 0.25) is 5.02 Å². The maximum atomic E-state index is 11.9. The van der Waals surface area contributed by atoms with Crippen LogP contribution in [0, 0.1) is 6.92 Å². The molecule has 1 fully saturated rings. The molecule has 5 nitrogen and oxygen atoms in total. The monoisotopic (exact) mass is 296 g/mol. The molecule has 1 aromatic carbocycles. The highest BCUT2D eigenvalue weighted by Crippen LogP contribution is 2.20. The van der Waals surface area contributed by atoms with Gasteiger partial charge in [0, 0.05) is 23.8 Å². The lowest BCUT2D eigenvalue weighted by Crippen LogP contribution is -2.41. The molecule has 1 heterocycles. The summed E-state index contributed by atoms with van der Waals surface area (Å²) in [6.45, 7) is 4.02. The maximum Gasteiger partial charge on any atom is 0.233 e. The van der Waals surface area contributed by atoms with E-state index < -0.39 is 0 Å². The van der Waals surface area contributed by atoms with Gasteiger partial charge in [-0.2, -0.15) is 0 Å². The molecule has 0 bridgehead atoms. The first-order valence-corrected chi connectivity index (χ1v) is 6.85. The number of benzene rings is 1. The average molecular weight is 297 g/mol. The zero-order valence-corrected chi connectivity index (χ0v) is 12.1. The standard InChI is InChI=1S/C14H17ClN2O3/c1-10-2-3-11(15)8-12(10)16-13(18)9-14(19)17-4-6-20-7-5-17/h2-3,8H,4-7,9H2,1H3,(H,16,18). The van der Waals surface area contributed by atoms with E-state index in [9.17, 15) is 9.59 Å². The molecule has 2 amide bonds. The highest BCUT2D eigenvalue weighted by atomic mass is 35.5. The first-order chi connectivity index (χ1) is 9.56. The summed E-state index contributed by atoms with van der Waals surface area (Å²) in [6.07, 6.45) is -0.161. The fraction of sp³-hybridized carbons (Fsp3) is 0.429. The van der Waals surface area contributed by atoms with Crippen LogP contribution in [-0.4, -0.2) is 43.0 Å². The van der Waals surface area contributed by atoms with Crippen molar-refractivity contribution in [3.63, 3.8) is 0 Å². The minimum Gasteiger partial charge on any atom is -0.378 e. The SMILES string of the molecule is Cc1ccc(Cl)cc1NC(=O)CC(=O)N1CCOCC1. The number of ether oxygens (including phenoxy) is 1. The lowest BCUT2D eigenvalue weighted by atomic mass is 10.2. The lowest BCUT2D eigenvalue weighted by molar-refractivity contribution is -0.138. The van der Waals surface area contributed by atoms with Gasteiger partial charge in [-0.05, 0) is 24.6 Å². The van der Waals surface area contributed by atoms with E-state index in [1.54, 1.807) is 17.0 Å². The molecule has 1 aromatic rings. The summed E-state index contributed by atoms with van der Waals surface area (Å²) in [4.78, 5) is 25.5. The second-order valence-electron chi connectivity index (χ2n) is 4.68. The molecule has 1 aliphatic rings. The third kappa shape index (κ3) is 3.95. The van der Waals surface area contributed by atoms with E-state index in [0.717, 1.165) is 5.56 Å². The quantitative estimate of drug-likeness (QED) is 0.866. The summed E-state index contributed by atoms with van der Waals surface area (Å²) in [5.74, 6) is -0.502. The van der Waals surface area contributed by atoms with Crippen molar-refractivity contribution >= 4 is 29.1 Å². The van der Waals surface area contributed by atoms with E-state index in [-0.39, 0.29) is 18.2 Å². The van der Waals surface area contributed by atoms with Crippen molar-refractivity contribution in [2.24, 2.45) is 0 Å². The maximum absolute atomic E-state index is 11.9. The molecule has 1 N–H and O–H groups in total. The van der Waals surface area contributed by atoms with Crippen molar-refractivity contribution in [2.75, 3.05) is 31.6 Å². The van der Waals surface area contributed by atoms with Gasteiger partial charge in [0.1, 0.15) is 6.42 Å². The third-order valence-electron chi connectivity index (χ3n) is 3.15. The second-order valence-corrected chi connectivity index (χ2v) is 5.11. The summed E-state index contributed by atoms with van der Waals surface area (Å²) in [5, 5.41) is 3.27. The van der Waals surface area contributed by atoms with Crippen LogP contribution in [0.5, 0.6) is 0 Å². The zero-order chi connectivity index (χ0) is 14.5. The predicted molar refractivity (Wildman–Crippen MR) is 76.8 cm³/mol. The number of rotatable bonds is 3. The fourth-order valence-electron chi connectivity index (χ4n) is 1.99. The topological polar surface area (TPSA) is 58.6 Å². The highest BCUT2D eigenvalue weighted by molar-refractivity contribution is 6.31. The predicted octanol–water partition coefficient (Wildman–Crippen LogP) is 1.84. The number of halogens is 1. The zero-order valence-electron chi connectivity index (χ0n) is 11.3. The van der Waals surface area contributed by atoms with Crippen LogP contribution in [0.1, 0.15) is 12.0 Å². The number of carbonyl (C=O) groups excluding carboxylic acids is 2. The highest BCUT2D eigenvalue weighted by Gasteiger charge is 2.19. The molecular formula is C14H17ClN2O3. The van der Waals surface area contributed by atoms with E-state index in [0.29, 0.717) is 37.0 Å². The summed E-state index contributed by atoms with van der Waals surface area (Å²) in [7, 11) is 0. The van der Waals surface area contributed by atoms with E-state index in [1.807, 2.05) is 13.0 Å². The van der Waals surface area contributed by atoms with Gasteiger partial charge in [0.25, 0.3) is 0 Å². The first kappa shape index (κ1) is 14.8. The summed E-state index contributed by atoms with van der Waals surface area (Å²) in [5.41, 5.74) is 1.54. The molecule has 0 saturated carbocycles. The van der Waals surface area contributed by atoms with Crippen molar-refractivity contribution < 1.29 is 14.3 Å². The van der Waals surface area contributed by atoms with Crippen molar-refractivity contribution in [3.8, 4) is 0 Å². The van der Waals surface area contributed by atoms with E-state index >= 15 is 0 Å². The Morgan fingerprint density at radius 3 is 2.75 bits per heavy atom. The Morgan fingerprint density at radius 1 is 1.35 bits per heavy atom. The van der Waals surface area contributed by atoms with Crippen LogP contribution >= 0.6 is 11.6 Å². The minimum absolute atomic E-state index is 0.161. The number of nitrogens with zero attached hydrogens (tertiary/aromatic N) is 1. The molecular weight excluding hydrogens is 280 g/mol. The van der Waals surface area contributed by atoms with Gasteiger partial charge in [-0.25, -0.2) is 0 Å². The largest absolute Gasteiger partial charge is 0.378 e. The third-order valence-corrected chi connectivity index (χ3v) is 3.38. The number of nitrogens with one attached hydrogen (secondary N) is 1. The van der Waals surface area contributed by atoms with Crippen LogP contribution in [-0.2, 0) is 14.3 Å². The fourth-order valence-corrected chi connectivity index (χ4v) is 2.16. The van der Waals surface area contributed by atoms with Crippen molar-refractivity contribution in [3.05, 3.63) is 28.8 Å². The molecule has 0 aliphatic carbocycles. The smallest absolute Gasteiger partial charge is 0.233 e. The van der Waals surface area contributed by atoms with Crippen molar-refractivity contribution in [1.82, 2.24) is 4.90 Å². The average Bonchev–Trinajstić information content (AvgIpc) is 2.43. The second kappa shape index (κ2) is 6.72. The van der Waals surface area contributed by atoms with Crippen molar-refractivity contribution in [1.29, 1.82) is 0 Å². The number of morpholine rings is 1. The number of amides is 2. The van der Waals surface area contributed by atoms with Gasteiger partial charge >= 0.3 is 0 Å². The van der Waals surface area contributed by atoms with Crippen LogP contribution in [0.25, 0.3) is 0 Å². The molecule has 0 unspecified atom stereocenters. The number of carbonyl (C=O) groups is 2. The van der Waals surface area contributed by atoms with Crippen LogP contribution < -0.4 is 5.32 Å². The molecule has 0 radical (unpaired) electrons. The Labute approximate surface area is 122 Å². The van der Waals surface area contributed by atoms with Gasteiger partial charge in [-0.15, -0.1) is 0 Å². The van der Waals surface area contributed by atoms with Gasteiger partial charge in [-0.3, -0.25) is 9.59 Å². The Balaban J connectivity index is 1.91. The number of anilines is 1. The van der Waals surface area contributed by atoms with E-state index in [1.165, 1.54) is 0 Å². The van der Waals surface area contributed by atoms with E-state index in [2.05, 4.69) is 5.32 Å². The van der Waals surface area contributed by atoms with Crippen LogP contribution in [0.3, 0.4) is 0 Å². The minimum atomic E-state index is -0.327. The molecule has 1 saturated heterocycles. The summed E-state index contributed by atoms with van der Waals surface area (Å²) in [6, 6.07) is 5.25. The van der Waals surface area contributed by atoms with Gasteiger partial charge in [0.05, 0.1) is 13.2 Å². The first-order valence-electron chi connectivity index (χ1n) is 6.48. The number of hydrogen-bond acceptors (Lipinski definition) is 3. The van der Waals surface area contributed by atoms with Crippen LogP contribution in [0.15, 0.2) is 18.2 Å².